The van der Waals surface area contributed by atoms with Crippen LogP contribution in [0.2, 0.25) is 0 Å². The van der Waals surface area contributed by atoms with Crippen molar-refractivity contribution in [3.63, 3.8) is 0 Å². The molecule has 0 fully saturated rings. The number of ketones is 2. The summed E-state index contributed by atoms with van der Waals surface area (Å²) in [5.41, 5.74) is 10.0. The molecule has 9 aromatic rings. The van der Waals surface area contributed by atoms with Crippen molar-refractivity contribution in [2.45, 2.75) is 116 Å². The minimum atomic E-state index is -1.45. The number of methoxy groups -OCH3 is 3. The van der Waals surface area contributed by atoms with Gasteiger partial charge in [-0.25, -0.2) is 26.3 Å². The first-order valence-corrected chi connectivity index (χ1v) is 36.0. The van der Waals surface area contributed by atoms with Crippen molar-refractivity contribution in [2.75, 3.05) is 33.6 Å². The standard InChI is InChI=1S/C32H37F2NO6S.C26H24F2N2O3.C23H18F2N2O4.C2H7N.ClH/c1-31(2,3)41-29(37)13-20(18-42(39)32(4,5)6)22-16-28(36)35(7)17-25(22)23-14-26(34)27(40-8)15-24(23)30(38)19-9-11-21(33)12-10-19;1-4-5-17(31)10-23-19-13-25(32)30(2)14-21(19)18-11-22(28)24(33-3)12-20(18)26(29-23)15-6-8-16(27)9-7-15;1-27-11-17-14-7-18(25)20(31-2)8-16(14)23(12-3-5-13(24)6-4-12)26-19(10-22(29)30)15(17)9-21(27)28;1-2-3;/h9-12,14-17,20H,13,18H2,1-8H3;6-9,11-14,23H,4-5,10H2,1-3H3;3-9,11,19H,10H2,1-2H3,(H,29,30);2-3H2,1H3;1H/t20-,42-;23-;19-;;/m100../s1. The Bertz CT molecular complexity index is 5210. The maximum Gasteiger partial charge on any atom is 0.306 e. The molecule has 4 atom stereocenters. The van der Waals surface area contributed by atoms with Crippen LogP contribution in [0.4, 0.5) is 26.3 Å². The summed E-state index contributed by atoms with van der Waals surface area (Å²) in [6.07, 6.45) is 5.26. The zero-order valence-electron chi connectivity index (χ0n) is 63.3. The predicted molar refractivity (Wildman–Crippen MR) is 415 cm³/mol. The van der Waals surface area contributed by atoms with E-state index in [1.807, 2.05) is 13.8 Å². The van der Waals surface area contributed by atoms with Crippen molar-refractivity contribution < 1.29 is 73.8 Å². The van der Waals surface area contributed by atoms with Gasteiger partial charge in [0.05, 0.1) is 57.7 Å². The van der Waals surface area contributed by atoms with Crippen LogP contribution in [0.5, 0.6) is 17.2 Å². The van der Waals surface area contributed by atoms with Crippen LogP contribution in [0.3, 0.4) is 0 Å². The van der Waals surface area contributed by atoms with Crippen molar-refractivity contribution in [1.82, 2.24) is 13.7 Å². The van der Waals surface area contributed by atoms with E-state index >= 15 is 4.39 Å². The van der Waals surface area contributed by atoms with E-state index in [-0.39, 0.29) is 88.3 Å². The summed E-state index contributed by atoms with van der Waals surface area (Å²) in [5, 5.41) is 9.46. The maximum absolute atomic E-state index is 15.2. The van der Waals surface area contributed by atoms with Gasteiger partial charge in [-0.05, 0) is 197 Å². The molecule has 582 valence electrons. The molecule has 19 nitrogen and oxygen atoms in total. The number of carbonyl (C=O) groups is 4. The number of fused-ring (bicyclic) bond motifs is 6. The lowest BCUT2D eigenvalue weighted by Crippen LogP contribution is -2.30. The van der Waals surface area contributed by atoms with Gasteiger partial charge in [0.15, 0.2) is 40.5 Å². The summed E-state index contributed by atoms with van der Waals surface area (Å²) in [5.74, 6) is -6.42. The van der Waals surface area contributed by atoms with Gasteiger partial charge >= 0.3 is 11.9 Å². The fourth-order valence-corrected chi connectivity index (χ4v) is 13.4. The Kier molecular flexibility index (Phi) is 29.1. The molecular formula is C83H87ClF6N6O13S. The van der Waals surface area contributed by atoms with Gasteiger partial charge in [-0.3, -0.25) is 47.8 Å². The molecule has 0 spiro atoms. The van der Waals surface area contributed by atoms with E-state index in [0.717, 1.165) is 24.7 Å². The SMILES string of the molecule is CCCC(=O)C[C@@H]1N=C(c2ccc(F)cc2)c2cc(OC)c(F)cc2-c2cn(C)c(=O)cc21.CCN.COc1cc(C(=O)c2ccc(F)cc2)c(-c2cn(C)c(=O)cc2[C@H](CC(=O)OC(C)(C)C)C[S@@](=O)C(C)(C)C)cc1F.COc1cc2c(cc1F)-c1cn(C)c(=O)cc1[C@H](CC(=O)O)N=C2c1ccc(F)cc1.Cl. The molecule has 0 radical (unpaired) electrons. The Hall–Kier alpha value is -10.8. The molecule has 0 amide bonds. The molecule has 0 saturated carbocycles. The lowest BCUT2D eigenvalue weighted by atomic mass is 9.87. The Morgan fingerprint density at radius 3 is 1.34 bits per heavy atom. The third kappa shape index (κ3) is 20.9. The molecule has 110 heavy (non-hydrogen) atoms. The summed E-state index contributed by atoms with van der Waals surface area (Å²) >= 11 is 0. The lowest BCUT2D eigenvalue weighted by Gasteiger charge is -2.27. The number of rotatable bonds is 19. The number of aliphatic imine (C=N–C) groups is 2. The molecule has 0 aliphatic carbocycles. The second kappa shape index (κ2) is 37.1. The van der Waals surface area contributed by atoms with Gasteiger partial charge in [0.1, 0.15) is 28.8 Å². The van der Waals surface area contributed by atoms with Crippen molar-refractivity contribution in [2.24, 2.45) is 36.9 Å². The number of pyridine rings is 3. The maximum atomic E-state index is 15.2. The largest absolute Gasteiger partial charge is 0.494 e. The molecule has 0 unspecified atom stereocenters. The predicted octanol–water partition coefficient (Wildman–Crippen LogP) is 15.0. The Morgan fingerprint density at radius 1 is 0.545 bits per heavy atom. The van der Waals surface area contributed by atoms with E-state index in [1.54, 1.807) is 86.2 Å². The van der Waals surface area contributed by atoms with Gasteiger partial charge in [0.2, 0.25) is 0 Å². The molecule has 2 aliphatic heterocycles. The van der Waals surface area contributed by atoms with Crippen LogP contribution in [-0.4, -0.2) is 102 Å². The second-order valence-corrected chi connectivity index (χ2v) is 30.1. The fourth-order valence-electron chi connectivity index (χ4n) is 12.2. The van der Waals surface area contributed by atoms with Gasteiger partial charge in [0.25, 0.3) is 16.7 Å². The number of aromatic nitrogens is 3. The van der Waals surface area contributed by atoms with E-state index in [0.29, 0.717) is 91.0 Å². The first kappa shape index (κ1) is 86.4. The first-order valence-electron chi connectivity index (χ1n) is 34.7. The molecule has 11 rings (SSSR count). The molecular weight excluding hydrogens is 1470 g/mol. The Labute approximate surface area is 641 Å². The number of nitrogens with zero attached hydrogens (tertiary/aromatic N) is 5. The molecule has 3 aromatic heterocycles. The highest BCUT2D eigenvalue weighted by Gasteiger charge is 2.34. The number of nitrogens with two attached hydrogens (primary N) is 1. The van der Waals surface area contributed by atoms with Gasteiger partial charge in [-0.2, -0.15) is 0 Å². The summed E-state index contributed by atoms with van der Waals surface area (Å²) in [7, 11) is 7.20. The van der Waals surface area contributed by atoms with E-state index in [4.69, 9.17) is 29.7 Å². The van der Waals surface area contributed by atoms with E-state index in [1.165, 1.54) is 139 Å². The highest BCUT2D eigenvalue weighted by atomic mass is 35.5. The molecule has 0 bridgehead atoms. The lowest BCUT2D eigenvalue weighted by molar-refractivity contribution is -0.155. The number of benzene rings is 6. The number of carbonyl (C=O) groups excluding carboxylic acids is 3. The third-order valence-electron chi connectivity index (χ3n) is 17.5. The van der Waals surface area contributed by atoms with Crippen LogP contribution >= 0.6 is 12.4 Å². The van der Waals surface area contributed by atoms with Crippen LogP contribution in [0, 0.1) is 34.9 Å². The first-order chi connectivity index (χ1) is 51.4. The van der Waals surface area contributed by atoms with Crippen molar-refractivity contribution in [3.8, 4) is 50.6 Å². The van der Waals surface area contributed by atoms with Crippen LogP contribution in [0.25, 0.3) is 33.4 Å². The number of carboxylic acid groups (broad SMARTS) is 1. The number of Topliss-reactive ketones (excluding diaryl/α,β-unsaturated/α-hetero) is 1. The van der Waals surface area contributed by atoms with Gasteiger partial charge in [-0.1, -0.05) is 13.8 Å². The van der Waals surface area contributed by atoms with Crippen molar-refractivity contribution in [1.29, 1.82) is 0 Å². The number of hydrogen-bond acceptors (Lipinski definition) is 15. The van der Waals surface area contributed by atoms with Crippen LogP contribution < -0.4 is 36.6 Å². The van der Waals surface area contributed by atoms with E-state index in [2.05, 4.69) is 4.99 Å². The monoisotopic (exact) mass is 1560 g/mol. The van der Waals surface area contributed by atoms with E-state index < -0.39 is 97.3 Å². The van der Waals surface area contributed by atoms with Gasteiger partial charge in [0, 0.05) is 148 Å². The number of esters is 1. The van der Waals surface area contributed by atoms with Crippen LogP contribution in [-0.2, 0) is 51.1 Å². The smallest absolute Gasteiger partial charge is 0.306 e. The zero-order chi connectivity index (χ0) is 80.3. The Morgan fingerprint density at radius 2 is 0.936 bits per heavy atom. The number of halogens is 7. The van der Waals surface area contributed by atoms with Crippen molar-refractivity contribution >= 4 is 58.1 Å². The topological polar surface area (TPSA) is 259 Å². The molecule has 6 aromatic carbocycles. The number of carboxylic acids is 1. The fraction of sp³-hybridized carbons (Fsp3) is 0.313. The summed E-state index contributed by atoms with van der Waals surface area (Å²) in [6, 6.07) is 26.9. The van der Waals surface area contributed by atoms with Crippen LogP contribution in [0.15, 0.2) is 170 Å². The summed E-state index contributed by atoms with van der Waals surface area (Å²) in [6.45, 7) is 15.2. The third-order valence-corrected chi connectivity index (χ3v) is 19.6. The second-order valence-electron chi connectivity index (χ2n) is 27.8. The number of hydrogen-bond donors (Lipinski definition) is 2. The van der Waals surface area contributed by atoms with Gasteiger partial charge < -0.3 is 43.5 Å². The highest BCUT2D eigenvalue weighted by Crippen LogP contribution is 2.44. The minimum Gasteiger partial charge on any atom is -0.494 e. The average molecular weight is 1560 g/mol. The zero-order valence-corrected chi connectivity index (χ0v) is 64.9. The highest BCUT2D eigenvalue weighted by molar-refractivity contribution is 7.86. The quantitative estimate of drug-likeness (QED) is 0.0433. The Balaban J connectivity index is 0.000000227. The molecule has 2 aliphatic rings. The summed E-state index contributed by atoms with van der Waals surface area (Å²) < 4.78 is 123. The average Bonchev–Trinajstić information content (AvgIpc) is 1.55. The minimum absolute atomic E-state index is 0. The normalized spacial score (nSPS) is 13.9. The summed E-state index contributed by atoms with van der Waals surface area (Å²) in [4.78, 5) is 98.3. The van der Waals surface area contributed by atoms with Crippen molar-refractivity contribution in [3.05, 3.63) is 262 Å². The number of aryl methyl sites for hydroxylation is 3. The molecule has 5 heterocycles. The van der Waals surface area contributed by atoms with Crippen LogP contribution in [0.1, 0.15) is 160 Å². The van der Waals surface area contributed by atoms with E-state index in [9.17, 15) is 64.8 Å². The van der Waals surface area contributed by atoms with Gasteiger partial charge in [-0.15, -0.1) is 12.4 Å². The molecule has 27 heteroatoms. The molecule has 0 saturated heterocycles. The number of aliphatic carboxylic acids is 1. The molecule has 3 N–H and O–H groups in total. The number of ether oxygens (including phenoxy) is 4.